The molecule has 1 unspecified atom stereocenters. The van der Waals surface area contributed by atoms with E-state index in [0.29, 0.717) is 6.04 Å². The van der Waals surface area contributed by atoms with E-state index in [0.717, 1.165) is 23.7 Å². The number of aromatic nitrogens is 2. The molecule has 0 amide bonds. The van der Waals surface area contributed by atoms with Gasteiger partial charge in [0.05, 0.1) is 13.2 Å². The maximum Gasteiger partial charge on any atom is 0.205 e. The standard InChI is InChI=1S/C12H13N3OS/c1-16-9-4-2-8-3-5-11(10(8)6-9)14-12-15-13-7-17-12/h2,4,6-7,11H,3,5H2,1H3,(H,14,15). The van der Waals surface area contributed by atoms with Crippen LogP contribution in [0.4, 0.5) is 5.13 Å². The summed E-state index contributed by atoms with van der Waals surface area (Å²) in [4.78, 5) is 0. The lowest BCUT2D eigenvalue weighted by atomic mass is 10.1. The van der Waals surface area contributed by atoms with Crippen molar-refractivity contribution >= 4 is 16.5 Å². The Balaban J connectivity index is 1.87. The quantitative estimate of drug-likeness (QED) is 0.905. The Morgan fingerprint density at radius 1 is 1.47 bits per heavy atom. The molecule has 3 rings (SSSR count). The fraction of sp³-hybridized carbons (Fsp3) is 0.333. The third kappa shape index (κ3) is 1.98. The first-order chi connectivity index (χ1) is 8.36. The summed E-state index contributed by atoms with van der Waals surface area (Å²) in [6.07, 6.45) is 2.21. The van der Waals surface area contributed by atoms with Gasteiger partial charge in [-0.15, -0.1) is 10.2 Å². The molecule has 1 aromatic carbocycles. The van der Waals surface area contributed by atoms with Crippen molar-refractivity contribution in [1.82, 2.24) is 10.2 Å². The number of hydrogen-bond donors (Lipinski definition) is 1. The minimum atomic E-state index is 0.327. The SMILES string of the molecule is COc1ccc2c(c1)C(Nc1nncs1)CC2. The molecule has 1 aromatic heterocycles. The molecule has 1 atom stereocenters. The van der Waals surface area contributed by atoms with Crippen LogP contribution < -0.4 is 10.1 Å². The Morgan fingerprint density at radius 2 is 2.41 bits per heavy atom. The number of ether oxygens (including phenoxy) is 1. The van der Waals surface area contributed by atoms with Crippen LogP contribution in [0.3, 0.4) is 0 Å². The van der Waals surface area contributed by atoms with E-state index in [9.17, 15) is 0 Å². The number of nitrogens with zero attached hydrogens (tertiary/aromatic N) is 2. The van der Waals surface area contributed by atoms with Crippen LogP contribution in [-0.4, -0.2) is 17.3 Å². The second-order valence-electron chi connectivity index (χ2n) is 4.04. The number of methoxy groups -OCH3 is 1. The third-order valence-corrected chi connectivity index (χ3v) is 3.71. The lowest BCUT2D eigenvalue weighted by Crippen LogP contribution is -2.06. The van der Waals surface area contributed by atoms with E-state index in [-0.39, 0.29) is 0 Å². The van der Waals surface area contributed by atoms with E-state index < -0.39 is 0 Å². The molecular formula is C12H13N3OS. The van der Waals surface area contributed by atoms with Crippen LogP contribution in [0.5, 0.6) is 5.75 Å². The highest BCUT2D eigenvalue weighted by atomic mass is 32.1. The van der Waals surface area contributed by atoms with E-state index in [2.05, 4.69) is 27.6 Å². The number of aryl methyl sites for hydroxylation is 1. The van der Waals surface area contributed by atoms with Gasteiger partial charge in [-0.25, -0.2) is 0 Å². The molecule has 1 aliphatic rings. The van der Waals surface area contributed by atoms with Crippen LogP contribution in [0.25, 0.3) is 0 Å². The van der Waals surface area contributed by atoms with Crippen molar-refractivity contribution in [2.45, 2.75) is 18.9 Å². The van der Waals surface area contributed by atoms with Gasteiger partial charge in [-0.2, -0.15) is 0 Å². The molecule has 0 saturated heterocycles. The smallest absolute Gasteiger partial charge is 0.205 e. The molecule has 1 N–H and O–H groups in total. The van der Waals surface area contributed by atoms with Crippen LogP contribution in [0.15, 0.2) is 23.7 Å². The van der Waals surface area contributed by atoms with Gasteiger partial charge < -0.3 is 10.1 Å². The summed E-state index contributed by atoms with van der Waals surface area (Å²) in [6, 6.07) is 6.61. The Hall–Kier alpha value is -1.62. The Bertz CT molecular complexity index is 512. The van der Waals surface area contributed by atoms with Crippen molar-refractivity contribution in [2.75, 3.05) is 12.4 Å². The highest BCUT2D eigenvalue weighted by molar-refractivity contribution is 7.13. The Morgan fingerprint density at radius 3 is 3.18 bits per heavy atom. The van der Waals surface area contributed by atoms with Crippen LogP contribution in [0, 0.1) is 0 Å². The van der Waals surface area contributed by atoms with Gasteiger partial charge >= 0.3 is 0 Å². The number of nitrogens with one attached hydrogen (secondary N) is 1. The normalized spacial score (nSPS) is 17.8. The zero-order valence-corrected chi connectivity index (χ0v) is 10.3. The average molecular weight is 247 g/mol. The molecule has 0 fully saturated rings. The summed E-state index contributed by atoms with van der Waals surface area (Å²) in [5.41, 5.74) is 4.46. The van der Waals surface area contributed by atoms with Gasteiger partial charge in [0.2, 0.25) is 5.13 Å². The van der Waals surface area contributed by atoms with Gasteiger partial charge in [-0.05, 0) is 36.1 Å². The molecule has 17 heavy (non-hydrogen) atoms. The van der Waals surface area contributed by atoms with Crippen LogP contribution in [-0.2, 0) is 6.42 Å². The molecular weight excluding hydrogens is 234 g/mol. The topological polar surface area (TPSA) is 47.0 Å². The van der Waals surface area contributed by atoms with Crippen LogP contribution in [0.1, 0.15) is 23.6 Å². The fourth-order valence-corrected chi connectivity index (χ4v) is 2.74. The second kappa shape index (κ2) is 4.33. The molecule has 4 nitrogen and oxygen atoms in total. The summed E-state index contributed by atoms with van der Waals surface area (Å²) < 4.78 is 5.27. The van der Waals surface area contributed by atoms with Crippen molar-refractivity contribution in [2.24, 2.45) is 0 Å². The summed E-state index contributed by atoms with van der Waals surface area (Å²) in [6.45, 7) is 0. The largest absolute Gasteiger partial charge is 0.497 e. The Labute approximate surface area is 104 Å². The summed E-state index contributed by atoms with van der Waals surface area (Å²) >= 11 is 1.53. The molecule has 0 saturated carbocycles. The second-order valence-corrected chi connectivity index (χ2v) is 4.88. The van der Waals surface area contributed by atoms with Gasteiger partial charge in [0, 0.05) is 0 Å². The molecule has 0 radical (unpaired) electrons. The molecule has 1 aliphatic carbocycles. The predicted molar refractivity (Wildman–Crippen MR) is 67.6 cm³/mol. The first-order valence-electron chi connectivity index (χ1n) is 5.56. The maximum absolute atomic E-state index is 5.27. The lowest BCUT2D eigenvalue weighted by Gasteiger charge is -2.13. The van der Waals surface area contributed by atoms with Gasteiger partial charge in [-0.3, -0.25) is 0 Å². The molecule has 0 spiro atoms. The highest BCUT2D eigenvalue weighted by Crippen LogP contribution is 2.36. The van der Waals surface area contributed by atoms with Crippen LogP contribution >= 0.6 is 11.3 Å². The monoisotopic (exact) mass is 247 g/mol. The molecule has 1 heterocycles. The van der Waals surface area contributed by atoms with Crippen molar-refractivity contribution < 1.29 is 4.74 Å². The molecule has 2 aromatic rings. The van der Waals surface area contributed by atoms with E-state index in [1.807, 2.05) is 6.07 Å². The van der Waals surface area contributed by atoms with Crippen molar-refractivity contribution in [3.8, 4) is 5.75 Å². The molecule has 0 bridgehead atoms. The average Bonchev–Trinajstić information content (AvgIpc) is 2.99. The van der Waals surface area contributed by atoms with Crippen molar-refractivity contribution in [3.63, 3.8) is 0 Å². The van der Waals surface area contributed by atoms with Crippen molar-refractivity contribution in [1.29, 1.82) is 0 Å². The minimum absolute atomic E-state index is 0.327. The summed E-state index contributed by atoms with van der Waals surface area (Å²) in [5.74, 6) is 0.912. The number of benzene rings is 1. The zero-order chi connectivity index (χ0) is 11.7. The van der Waals surface area contributed by atoms with E-state index in [4.69, 9.17) is 4.74 Å². The van der Waals surface area contributed by atoms with E-state index >= 15 is 0 Å². The van der Waals surface area contributed by atoms with Crippen molar-refractivity contribution in [3.05, 3.63) is 34.8 Å². The van der Waals surface area contributed by atoms with Gasteiger partial charge in [0.1, 0.15) is 11.3 Å². The number of anilines is 1. The molecule has 5 heteroatoms. The van der Waals surface area contributed by atoms with E-state index in [1.165, 1.54) is 22.5 Å². The third-order valence-electron chi connectivity index (χ3n) is 3.09. The fourth-order valence-electron chi connectivity index (χ4n) is 2.24. The predicted octanol–water partition coefficient (Wildman–Crippen LogP) is 2.65. The van der Waals surface area contributed by atoms with Gasteiger partial charge in [-0.1, -0.05) is 17.4 Å². The number of rotatable bonds is 3. The lowest BCUT2D eigenvalue weighted by molar-refractivity contribution is 0.414. The highest BCUT2D eigenvalue weighted by Gasteiger charge is 2.23. The van der Waals surface area contributed by atoms with Gasteiger partial charge in [0.15, 0.2) is 0 Å². The Kier molecular flexibility index (Phi) is 2.68. The number of hydrogen-bond acceptors (Lipinski definition) is 5. The first-order valence-corrected chi connectivity index (χ1v) is 6.44. The summed E-state index contributed by atoms with van der Waals surface area (Å²) in [5, 5.41) is 12.2. The van der Waals surface area contributed by atoms with Gasteiger partial charge in [0.25, 0.3) is 0 Å². The molecule has 88 valence electrons. The zero-order valence-electron chi connectivity index (χ0n) is 9.51. The summed E-state index contributed by atoms with van der Waals surface area (Å²) in [7, 11) is 1.70. The maximum atomic E-state index is 5.27. The van der Waals surface area contributed by atoms with E-state index in [1.54, 1.807) is 12.6 Å². The first kappa shape index (κ1) is 10.5. The van der Waals surface area contributed by atoms with Crippen LogP contribution in [0.2, 0.25) is 0 Å². The number of fused-ring (bicyclic) bond motifs is 1. The minimum Gasteiger partial charge on any atom is -0.497 e. The molecule has 0 aliphatic heterocycles.